The van der Waals surface area contributed by atoms with E-state index in [4.69, 9.17) is 0 Å². The number of benzene rings is 1. The molecule has 1 saturated carbocycles. The molecule has 2 aliphatic rings. The normalized spacial score (nSPS) is 24.5. The first-order chi connectivity index (χ1) is 11.2. The first-order valence-corrected chi connectivity index (χ1v) is 8.94. The molecule has 1 unspecified atom stereocenters. The Morgan fingerprint density at radius 3 is 2.65 bits per heavy atom. The topological polar surface area (TPSA) is 52.6 Å². The Morgan fingerprint density at radius 2 is 1.91 bits per heavy atom. The van der Waals surface area contributed by atoms with E-state index in [0.29, 0.717) is 6.54 Å². The summed E-state index contributed by atoms with van der Waals surface area (Å²) in [6, 6.07) is 10.3. The predicted octanol–water partition coefficient (Wildman–Crippen LogP) is 2.46. The van der Waals surface area contributed by atoms with Crippen molar-refractivity contribution in [3.63, 3.8) is 0 Å². The largest absolute Gasteiger partial charge is 0.388 e. The standard InChI is InChI=1S/C19H28N2O2/c22-18(20-15-19(23)11-5-2-6-12-19)17-10-7-13-21(17)14-16-8-3-1-4-9-16/h1,3-4,8-9,17,23H,2,5-7,10-15H2,(H,20,22). The van der Waals surface area contributed by atoms with Gasteiger partial charge in [0.25, 0.3) is 0 Å². The third kappa shape index (κ3) is 4.33. The Balaban J connectivity index is 1.53. The minimum Gasteiger partial charge on any atom is -0.388 e. The Kier molecular flexibility index (Phi) is 5.34. The molecule has 2 fully saturated rings. The van der Waals surface area contributed by atoms with Gasteiger partial charge < -0.3 is 10.4 Å². The minimum atomic E-state index is -0.684. The zero-order valence-electron chi connectivity index (χ0n) is 13.8. The molecule has 4 heteroatoms. The summed E-state index contributed by atoms with van der Waals surface area (Å²) >= 11 is 0. The fraction of sp³-hybridized carbons (Fsp3) is 0.632. The molecule has 1 aliphatic carbocycles. The molecule has 23 heavy (non-hydrogen) atoms. The van der Waals surface area contributed by atoms with Gasteiger partial charge in [0.1, 0.15) is 0 Å². The van der Waals surface area contributed by atoms with E-state index in [9.17, 15) is 9.90 Å². The maximum atomic E-state index is 12.6. The Hall–Kier alpha value is -1.39. The van der Waals surface area contributed by atoms with Crippen molar-refractivity contribution >= 4 is 5.91 Å². The molecule has 1 aliphatic heterocycles. The second kappa shape index (κ2) is 7.45. The first kappa shape index (κ1) is 16.5. The lowest BCUT2D eigenvalue weighted by atomic mass is 9.85. The third-order valence-corrected chi connectivity index (χ3v) is 5.27. The molecule has 1 atom stereocenters. The summed E-state index contributed by atoms with van der Waals surface area (Å²) in [7, 11) is 0. The Bertz CT molecular complexity index is 511. The highest BCUT2D eigenvalue weighted by atomic mass is 16.3. The number of carbonyl (C=O) groups is 1. The zero-order valence-corrected chi connectivity index (χ0v) is 13.8. The van der Waals surface area contributed by atoms with E-state index in [-0.39, 0.29) is 11.9 Å². The van der Waals surface area contributed by atoms with Crippen LogP contribution in [0, 0.1) is 0 Å². The number of nitrogens with zero attached hydrogens (tertiary/aromatic N) is 1. The lowest BCUT2D eigenvalue weighted by Gasteiger charge is -2.33. The van der Waals surface area contributed by atoms with Crippen molar-refractivity contribution in [1.82, 2.24) is 10.2 Å². The summed E-state index contributed by atoms with van der Waals surface area (Å²) in [5, 5.41) is 13.6. The van der Waals surface area contributed by atoms with Gasteiger partial charge in [-0.3, -0.25) is 9.69 Å². The van der Waals surface area contributed by atoms with E-state index < -0.39 is 5.60 Å². The fourth-order valence-corrected chi connectivity index (χ4v) is 3.89. The molecule has 3 rings (SSSR count). The van der Waals surface area contributed by atoms with Crippen LogP contribution in [0.1, 0.15) is 50.5 Å². The van der Waals surface area contributed by atoms with Gasteiger partial charge in [-0.15, -0.1) is 0 Å². The van der Waals surface area contributed by atoms with Crippen molar-refractivity contribution in [2.75, 3.05) is 13.1 Å². The van der Waals surface area contributed by atoms with Crippen molar-refractivity contribution in [3.05, 3.63) is 35.9 Å². The number of aliphatic hydroxyl groups is 1. The fourth-order valence-electron chi connectivity index (χ4n) is 3.89. The van der Waals surface area contributed by atoms with Gasteiger partial charge in [0.05, 0.1) is 11.6 Å². The van der Waals surface area contributed by atoms with Gasteiger partial charge in [-0.2, -0.15) is 0 Å². The molecule has 0 radical (unpaired) electrons. The number of hydrogen-bond donors (Lipinski definition) is 2. The maximum absolute atomic E-state index is 12.6. The summed E-state index contributed by atoms with van der Waals surface area (Å²) in [6.45, 7) is 2.20. The predicted molar refractivity (Wildman–Crippen MR) is 90.9 cm³/mol. The van der Waals surface area contributed by atoms with E-state index in [1.165, 1.54) is 12.0 Å². The summed E-state index contributed by atoms with van der Waals surface area (Å²) in [6.07, 6.45) is 6.93. The van der Waals surface area contributed by atoms with Crippen molar-refractivity contribution in [2.24, 2.45) is 0 Å². The number of rotatable bonds is 5. The Labute approximate surface area is 138 Å². The van der Waals surface area contributed by atoms with Gasteiger partial charge in [0.15, 0.2) is 0 Å². The maximum Gasteiger partial charge on any atom is 0.237 e. The SMILES string of the molecule is O=C(NCC1(O)CCCCC1)C1CCCN1Cc1ccccc1. The highest BCUT2D eigenvalue weighted by Crippen LogP contribution is 2.27. The smallest absolute Gasteiger partial charge is 0.237 e. The number of carbonyl (C=O) groups excluding carboxylic acids is 1. The average molecular weight is 316 g/mol. The van der Waals surface area contributed by atoms with E-state index in [1.807, 2.05) is 18.2 Å². The molecule has 1 aromatic carbocycles. The summed E-state index contributed by atoms with van der Waals surface area (Å²) in [4.78, 5) is 14.8. The lowest BCUT2D eigenvalue weighted by Crippen LogP contribution is -2.49. The molecule has 2 N–H and O–H groups in total. The van der Waals surface area contributed by atoms with Gasteiger partial charge in [0, 0.05) is 13.1 Å². The highest BCUT2D eigenvalue weighted by Gasteiger charge is 2.34. The van der Waals surface area contributed by atoms with Crippen LogP contribution >= 0.6 is 0 Å². The van der Waals surface area contributed by atoms with Crippen LogP contribution in [0.5, 0.6) is 0 Å². The van der Waals surface area contributed by atoms with E-state index >= 15 is 0 Å². The van der Waals surface area contributed by atoms with Crippen molar-refractivity contribution in [3.8, 4) is 0 Å². The molecule has 4 nitrogen and oxygen atoms in total. The molecule has 1 saturated heterocycles. The molecule has 0 bridgehead atoms. The second-order valence-corrected chi connectivity index (χ2v) is 7.12. The van der Waals surface area contributed by atoms with Crippen LogP contribution in [0.2, 0.25) is 0 Å². The molecule has 126 valence electrons. The number of hydrogen-bond acceptors (Lipinski definition) is 3. The van der Waals surface area contributed by atoms with Crippen molar-refractivity contribution in [1.29, 1.82) is 0 Å². The highest BCUT2D eigenvalue weighted by molar-refractivity contribution is 5.82. The van der Waals surface area contributed by atoms with Crippen LogP contribution in [0.25, 0.3) is 0 Å². The second-order valence-electron chi connectivity index (χ2n) is 7.12. The monoisotopic (exact) mass is 316 g/mol. The summed E-state index contributed by atoms with van der Waals surface area (Å²) in [5.74, 6) is 0.0810. The molecule has 1 amide bonds. The molecular formula is C19H28N2O2. The van der Waals surface area contributed by atoms with E-state index in [2.05, 4.69) is 22.3 Å². The minimum absolute atomic E-state index is 0.0533. The number of nitrogens with one attached hydrogen (secondary N) is 1. The zero-order chi connectivity index (χ0) is 16.1. The van der Waals surface area contributed by atoms with Crippen molar-refractivity contribution < 1.29 is 9.90 Å². The molecule has 0 aromatic heterocycles. The van der Waals surface area contributed by atoms with Crippen LogP contribution in [-0.2, 0) is 11.3 Å². The van der Waals surface area contributed by atoms with Gasteiger partial charge in [-0.1, -0.05) is 49.6 Å². The molecule has 1 heterocycles. The van der Waals surface area contributed by atoms with E-state index in [0.717, 1.165) is 51.6 Å². The summed E-state index contributed by atoms with van der Waals surface area (Å²) in [5.41, 5.74) is 0.564. The third-order valence-electron chi connectivity index (χ3n) is 5.27. The quantitative estimate of drug-likeness (QED) is 0.877. The van der Waals surface area contributed by atoms with Gasteiger partial charge >= 0.3 is 0 Å². The summed E-state index contributed by atoms with van der Waals surface area (Å²) < 4.78 is 0. The van der Waals surface area contributed by atoms with Crippen LogP contribution < -0.4 is 5.32 Å². The van der Waals surface area contributed by atoms with Crippen molar-refractivity contribution in [2.45, 2.75) is 63.1 Å². The molecule has 0 spiro atoms. The van der Waals surface area contributed by atoms with Gasteiger partial charge in [0.2, 0.25) is 5.91 Å². The first-order valence-electron chi connectivity index (χ1n) is 8.94. The average Bonchev–Trinajstić information content (AvgIpc) is 3.03. The molecular weight excluding hydrogens is 288 g/mol. The van der Waals surface area contributed by atoms with Crippen LogP contribution in [-0.4, -0.2) is 40.6 Å². The van der Waals surface area contributed by atoms with Gasteiger partial charge in [-0.25, -0.2) is 0 Å². The van der Waals surface area contributed by atoms with Crippen LogP contribution in [0.15, 0.2) is 30.3 Å². The number of likely N-dealkylation sites (tertiary alicyclic amines) is 1. The lowest BCUT2D eigenvalue weighted by molar-refractivity contribution is -0.127. The number of amides is 1. The van der Waals surface area contributed by atoms with Crippen LogP contribution in [0.4, 0.5) is 0 Å². The van der Waals surface area contributed by atoms with Gasteiger partial charge in [-0.05, 0) is 37.8 Å². The van der Waals surface area contributed by atoms with Crippen LogP contribution in [0.3, 0.4) is 0 Å². The molecule has 1 aromatic rings. The van der Waals surface area contributed by atoms with E-state index in [1.54, 1.807) is 0 Å². The Morgan fingerprint density at radius 1 is 1.17 bits per heavy atom.